The monoisotopic (exact) mass is 324 g/mol. The van der Waals surface area contributed by atoms with Gasteiger partial charge in [-0.3, -0.25) is 9.59 Å². The molecule has 0 aromatic carbocycles. The number of ketones is 1. The third-order valence-electron chi connectivity index (χ3n) is 4.61. The van der Waals surface area contributed by atoms with E-state index in [1.807, 2.05) is 0 Å². The van der Waals surface area contributed by atoms with Gasteiger partial charge in [0, 0.05) is 12.8 Å². The van der Waals surface area contributed by atoms with Gasteiger partial charge in [-0.15, -0.1) is 0 Å². The van der Waals surface area contributed by atoms with E-state index in [-0.39, 0.29) is 12.2 Å². The van der Waals surface area contributed by atoms with E-state index in [1.54, 1.807) is 0 Å². The summed E-state index contributed by atoms with van der Waals surface area (Å²) in [6.07, 6.45) is 12.5. The highest BCUT2D eigenvalue weighted by Crippen LogP contribution is 2.44. The van der Waals surface area contributed by atoms with Gasteiger partial charge in [0.15, 0.2) is 5.78 Å². The van der Waals surface area contributed by atoms with Gasteiger partial charge in [-0.2, -0.15) is 0 Å². The molecule has 0 spiro atoms. The van der Waals surface area contributed by atoms with E-state index < -0.39 is 12.1 Å². The van der Waals surface area contributed by atoms with E-state index >= 15 is 0 Å². The first-order valence-corrected chi connectivity index (χ1v) is 9.12. The quantitative estimate of drug-likeness (QED) is 0.372. The molecule has 2 N–H and O–H groups in total. The lowest BCUT2D eigenvalue weighted by molar-refractivity contribution is -0.137. The zero-order valence-corrected chi connectivity index (χ0v) is 14.4. The number of aliphatic carboxylic acids is 1. The lowest BCUT2D eigenvalue weighted by Crippen LogP contribution is -2.20. The van der Waals surface area contributed by atoms with Crippen molar-refractivity contribution in [3.05, 3.63) is 12.2 Å². The van der Waals surface area contributed by atoms with Gasteiger partial charge in [0.25, 0.3) is 0 Å². The van der Waals surface area contributed by atoms with Crippen molar-refractivity contribution < 1.29 is 19.8 Å². The molecule has 1 rings (SSSR count). The molecule has 0 saturated heterocycles. The second kappa shape index (κ2) is 11.4. The average Bonchev–Trinajstić information content (AvgIpc) is 3.24. The molecule has 4 heteroatoms. The number of aliphatic hydroxyl groups excluding tert-OH is 1. The van der Waals surface area contributed by atoms with Crippen molar-refractivity contribution in [1.29, 1.82) is 0 Å². The number of aliphatic hydroxyl groups is 1. The molecule has 2 unspecified atom stereocenters. The van der Waals surface area contributed by atoms with Crippen molar-refractivity contribution in [2.45, 2.75) is 83.7 Å². The molecule has 0 radical (unpaired) electrons. The summed E-state index contributed by atoms with van der Waals surface area (Å²) in [6, 6.07) is 0. The number of rotatable bonds is 14. The van der Waals surface area contributed by atoms with Crippen LogP contribution in [0.15, 0.2) is 12.2 Å². The maximum absolute atomic E-state index is 12.0. The molecular formula is C19H32O4. The van der Waals surface area contributed by atoms with Crippen LogP contribution in [0.5, 0.6) is 0 Å². The second-order valence-corrected chi connectivity index (χ2v) is 6.76. The molecule has 3 atom stereocenters. The second-order valence-electron chi connectivity index (χ2n) is 6.76. The summed E-state index contributed by atoms with van der Waals surface area (Å²) < 4.78 is 0. The summed E-state index contributed by atoms with van der Waals surface area (Å²) in [6.45, 7) is 2.12. The summed E-state index contributed by atoms with van der Waals surface area (Å²) >= 11 is 0. The highest BCUT2D eigenvalue weighted by Gasteiger charge is 2.38. The number of Topliss-reactive ketones (excluding diaryl/α,β-unsaturated/α-hetero) is 1. The molecule has 0 aromatic heterocycles. The van der Waals surface area contributed by atoms with Crippen molar-refractivity contribution in [2.24, 2.45) is 11.8 Å². The fourth-order valence-electron chi connectivity index (χ4n) is 2.99. The molecule has 0 bridgehead atoms. The van der Waals surface area contributed by atoms with Crippen LogP contribution >= 0.6 is 0 Å². The predicted molar refractivity (Wildman–Crippen MR) is 91.2 cm³/mol. The van der Waals surface area contributed by atoms with E-state index in [4.69, 9.17) is 5.11 Å². The number of carboxylic acids is 1. The van der Waals surface area contributed by atoms with Gasteiger partial charge in [-0.1, -0.05) is 44.8 Å². The first-order chi connectivity index (χ1) is 11.0. The van der Waals surface area contributed by atoms with Crippen LogP contribution in [0, 0.1) is 11.8 Å². The number of hydrogen-bond donors (Lipinski definition) is 2. The molecule has 0 aromatic rings. The van der Waals surface area contributed by atoms with Crippen LogP contribution in [-0.2, 0) is 9.59 Å². The van der Waals surface area contributed by atoms with Crippen molar-refractivity contribution in [3.63, 3.8) is 0 Å². The largest absolute Gasteiger partial charge is 0.481 e. The van der Waals surface area contributed by atoms with Crippen molar-refractivity contribution >= 4 is 11.8 Å². The Balaban J connectivity index is 2.00. The maximum Gasteiger partial charge on any atom is 0.303 e. The third-order valence-corrected chi connectivity index (χ3v) is 4.61. The summed E-state index contributed by atoms with van der Waals surface area (Å²) in [7, 11) is 0. The molecule has 1 saturated carbocycles. The van der Waals surface area contributed by atoms with Crippen LogP contribution in [-0.4, -0.2) is 28.1 Å². The minimum Gasteiger partial charge on any atom is -0.481 e. The van der Waals surface area contributed by atoms with Crippen molar-refractivity contribution in [3.8, 4) is 0 Å². The summed E-state index contributed by atoms with van der Waals surface area (Å²) in [5, 5.41) is 18.5. The Bertz CT molecular complexity index is 389. The van der Waals surface area contributed by atoms with E-state index in [1.165, 1.54) is 0 Å². The SMILES string of the molecule is CC/C=C\CC1CC1CC(=O)[C@H](O)CCCCCCCC(=O)O. The topological polar surface area (TPSA) is 74.6 Å². The molecule has 0 aliphatic heterocycles. The molecular weight excluding hydrogens is 292 g/mol. The standard InChI is InChI=1S/C19H32O4/c1-2-3-7-10-15-13-16(15)14-18(21)17(20)11-8-5-4-6-9-12-19(22)23/h3,7,15-17,20H,2,4-6,8-14H2,1H3,(H,22,23)/b7-3-/t15?,16?,17-/m1/s1. The summed E-state index contributed by atoms with van der Waals surface area (Å²) in [5.41, 5.74) is 0. The lowest BCUT2D eigenvalue weighted by Gasteiger charge is -2.09. The number of hydrogen-bond acceptors (Lipinski definition) is 3. The number of carbonyl (C=O) groups is 2. The number of allylic oxidation sites excluding steroid dienone is 2. The molecule has 0 amide bonds. The molecule has 1 aliphatic rings. The van der Waals surface area contributed by atoms with Gasteiger partial charge < -0.3 is 10.2 Å². The minimum absolute atomic E-state index is 0.00264. The molecule has 0 heterocycles. The maximum atomic E-state index is 12.0. The highest BCUT2D eigenvalue weighted by molar-refractivity contribution is 5.83. The molecule has 23 heavy (non-hydrogen) atoms. The fraction of sp³-hybridized carbons (Fsp3) is 0.789. The van der Waals surface area contributed by atoms with E-state index in [0.29, 0.717) is 31.1 Å². The normalized spacial score (nSPS) is 21.5. The highest BCUT2D eigenvalue weighted by atomic mass is 16.4. The molecule has 1 aliphatic carbocycles. The van der Waals surface area contributed by atoms with Crippen LogP contribution in [0.3, 0.4) is 0 Å². The first-order valence-electron chi connectivity index (χ1n) is 9.12. The minimum atomic E-state index is -0.804. The number of carboxylic acid groups (broad SMARTS) is 1. The van der Waals surface area contributed by atoms with Crippen molar-refractivity contribution in [2.75, 3.05) is 0 Å². The van der Waals surface area contributed by atoms with Crippen molar-refractivity contribution in [1.82, 2.24) is 0 Å². The molecule has 1 fully saturated rings. The van der Waals surface area contributed by atoms with Crippen LogP contribution < -0.4 is 0 Å². The van der Waals surface area contributed by atoms with Gasteiger partial charge in [-0.25, -0.2) is 0 Å². The van der Waals surface area contributed by atoms with E-state index in [0.717, 1.165) is 44.9 Å². The predicted octanol–water partition coefficient (Wildman–Crippen LogP) is 4.11. The van der Waals surface area contributed by atoms with Crippen LogP contribution in [0.1, 0.15) is 77.6 Å². The van der Waals surface area contributed by atoms with Crippen LogP contribution in [0.2, 0.25) is 0 Å². The van der Waals surface area contributed by atoms with E-state index in [9.17, 15) is 14.7 Å². The Morgan fingerprint density at radius 2 is 1.78 bits per heavy atom. The Hall–Kier alpha value is -1.16. The average molecular weight is 324 g/mol. The smallest absolute Gasteiger partial charge is 0.303 e. The van der Waals surface area contributed by atoms with Gasteiger partial charge in [0.2, 0.25) is 0 Å². The van der Waals surface area contributed by atoms with Gasteiger partial charge in [0.1, 0.15) is 6.10 Å². The third kappa shape index (κ3) is 9.54. The Morgan fingerprint density at radius 1 is 1.09 bits per heavy atom. The van der Waals surface area contributed by atoms with Gasteiger partial charge in [-0.05, 0) is 43.9 Å². The Morgan fingerprint density at radius 3 is 2.48 bits per heavy atom. The first kappa shape index (κ1) is 19.9. The van der Waals surface area contributed by atoms with E-state index in [2.05, 4.69) is 19.1 Å². The number of unbranched alkanes of at least 4 members (excludes halogenated alkanes) is 4. The summed E-state index contributed by atoms with van der Waals surface area (Å²) in [4.78, 5) is 22.3. The molecule has 132 valence electrons. The Labute approximate surface area is 140 Å². The van der Waals surface area contributed by atoms with Crippen LogP contribution in [0.25, 0.3) is 0 Å². The summed E-state index contributed by atoms with van der Waals surface area (Å²) in [5.74, 6) is 0.385. The molecule has 4 nitrogen and oxygen atoms in total. The fourth-order valence-corrected chi connectivity index (χ4v) is 2.99. The lowest BCUT2D eigenvalue weighted by atomic mass is 10.0. The van der Waals surface area contributed by atoms with Gasteiger partial charge in [0.05, 0.1) is 0 Å². The van der Waals surface area contributed by atoms with Gasteiger partial charge >= 0.3 is 5.97 Å². The van der Waals surface area contributed by atoms with Crippen LogP contribution in [0.4, 0.5) is 0 Å². The Kier molecular flexibility index (Phi) is 9.85. The zero-order chi connectivity index (χ0) is 17.1. The zero-order valence-electron chi connectivity index (χ0n) is 14.4. The number of carbonyl (C=O) groups excluding carboxylic acids is 1.